The summed E-state index contributed by atoms with van der Waals surface area (Å²) in [5, 5.41) is 9.09. The van der Waals surface area contributed by atoms with Crippen LogP contribution in [0.1, 0.15) is 50.8 Å². The summed E-state index contributed by atoms with van der Waals surface area (Å²) in [7, 11) is 1.63. The Labute approximate surface area is 195 Å². The summed E-state index contributed by atoms with van der Waals surface area (Å²) in [4.78, 5) is 29.3. The van der Waals surface area contributed by atoms with Crippen LogP contribution >= 0.6 is 0 Å². The molecule has 0 aliphatic heterocycles. The van der Waals surface area contributed by atoms with E-state index >= 15 is 0 Å². The Morgan fingerprint density at radius 2 is 1.79 bits per heavy atom. The molecule has 2 aliphatic carbocycles. The minimum absolute atomic E-state index is 0.0781. The molecule has 3 N–H and O–H groups in total. The van der Waals surface area contributed by atoms with Gasteiger partial charge >= 0.3 is 6.03 Å². The molecule has 176 valence electrons. The van der Waals surface area contributed by atoms with E-state index in [2.05, 4.69) is 34.8 Å². The number of carbonyl (C=O) groups excluding carboxylic acids is 2. The topological polar surface area (TPSA) is 92.4 Å². The summed E-state index contributed by atoms with van der Waals surface area (Å²) in [5.41, 5.74) is 2.03. The number of nitrogens with one attached hydrogen (secondary N) is 3. The van der Waals surface area contributed by atoms with Gasteiger partial charge in [-0.25, -0.2) is 4.79 Å². The number of benzene rings is 1. The van der Waals surface area contributed by atoms with Gasteiger partial charge in [0.25, 0.3) is 0 Å². The van der Waals surface area contributed by atoms with Crippen LogP contribution < -0.4 is 20.7 Å². The zero-order chi connectivity index (χ0) is 23.5. The quantitative estimate of drug-likeness (QED) is 0.574. The second-order valence-corrected chi connectivity index (χ2v) is 10.2. The lowest BCUT2D eigenvalue weighted by Crippen LogP contribution is -2.59. The fraction of sp³-hybridized carbons (Fsp3) is 0.500. The van der Waals surface area contributed by atoms with Gasteiger partial charge in [-0.2, -0.15) is 0 Å². The SMILES string of the molecule is COc1ccc(CNC(=O)NC2CC3(C2)CC(C(=O)NCC(C)(C)c2ccccn2)C3)cc1. The fourth-order valence-electron chi connectivity index (χ4n) is 5.06. The lowest BCUT2D eigenvalue weighted by atomic mass is 9.50. The monoisotopic (exact) mass is 450 g/mol. The van der Waals surface area contributed by atoms with E-state index in [0.717, 1.165) is 42.7 Å². The van der Waals surface area contributed by atoms with Crippen molar-refractivity contribution >= 4 is 11.9 Å². The van der Waals surface area contributed by atoms with Gasteiger partial charge < -0.3 is 20.7 Å². The first-order chi connectivity index (χ1) is 15.8. The van der Waals surface area contributed by atoms with Crippen molar-refractivity contribution in [2.45, 2.75) is 57.5 Å². The fourth-order valence-corrected chi connectivity index (χ4v) is 5.06. The Bertz CT molecular complexity index is 961. The zero-order valence-corrected chi connectivity index (χ0v) is 19.7. The molecule has 1 heterocycles. The molecule has 7 heteroatoms. The van der Waals surface area contributed by atoms with Gasteiger partial charge in [0.15, 0.2) is 0 Å². The molecule has 33 heavy (non-hydrogen) atoms. The number of carbonyl (C=O) groups is 2. The predicted molar refractivity (Wildman–Crippen MR) is 127 cm³/mol. The number of aromatic nitrogens is 1. The minimum Gasteiger partial charge on any atom is -0.497 e. The normalized spacial score (nSPS) is 23.7. The number of methoxy groups -OCH3 is 1. The van der Waals surface area contributed by atoms with Crippen molar-refractivity contribution in [2.24, 2.45) is 11.3 Å². The van der Waals surface area contributed by atoms with Crippen molar-refractivity contribution in [3.8, 4) is 5.75 Å². The maximum atomic E-state index is 12.6. The van der Waals surface area contributed by atoms with Gasteiger partial charge in [0.2, 0.25) is 5.91 Å². The Morgan fingerprint density at radius 3 is 2.42 bits per heavy atom. The van der Waals surface area contributed by atoms with Crippen molar-refractivity contribution < 1.29 is 14.3 Å². The van der Waals surface area contributed by atoms with Crippen LogP contribution in [0.5, 0.6) is 5.75 Å². The molecule has 1 aromatic carbocycles. The molecule has 0 radical (unpaired) electrons. The first kappa shape index (κ1) is 23.1. The molecular formula is C26H34N4O3. The third-order valence-electron chi connectivity index (χ3n) is 7.10. The van der Waals surface area contributed by atoms with E-state index < -0.39 is 0 Å². The highest BCUT2D eigenvalue weighted by Crippen LogP contribution is 2.58. The number of hydrogen-bond donors (Lipinski definition) is 3. The van der Waals surface area contributed by atoms with E-state index in [4.69, 9.17) is 4.74 Å². The maximum Gasteiger partial charge on any atom is 0.315 e. The lowest BCUT2D eigenvalue weighted by Gasteiger charge is -2.57. The molecule has 0 unspecified atom stereocenters. The molecular weight excluding hydrogens is 416 g/mol. The average molecular weight is 451 g/mol. The average Bonchev–Trinajstić information content (AvgIpc) is 2.77. The van der Waals surface area contributed by atoms with Crippen LogP contribution in [0.2, 0.25) is 0 Å². The van der Waals surface area contributed by atoms with Crippen LogP contribution in [-0.2, 0) is 16.8 Å². The number of amides is 3. The van der Waals surface area contributed by atoms with Gasteiger partial charge in [-0.3, -0.25) is 9.78 Å². The third-order valence-corrected chi connectivity index (χ3v) is 7.10. The Balaban J connectivity index is 1.13. The number of pyridine rings is 1. The van der Waals surface area contributed by atoms with Crippen LogP contribution in [-0.4, -0.2) is 36.6 Å². The first-order valence-corrected chi connectivity index (χ1v) is 11.7. The summed E-state index contributed by atoms with van der Waals surface area (Å²) in [6.07, 6.45) is 5.51. The zero-order valence-electron chi connectivity index (χ0n) is 19.7. The highest BCUT2D eigenvalue weighted by Gasteiger charge is 2.55. The highest BCUT2D eigenvalue weighted by atomic mass is 16.5. The van der Waals surface area contributed by atoms with Gasteiger partial charge in [-0.05, 0) is 60.9 Å². The van der Waals surface area contributed by atoms with Gasteiger partial charge in [0.05, 0.1) is 7.11 Å². The smallest absolute Gasteiger partial charge is 0.315 e. The maximum absolute atomic E-state index is 12.6. The summed E-state index contributed by atoms with van der Waals surface area (Å²) < 4.78 is 5.15. The van der Waals surface area contributed by atoms with Crippen molar-refractivity contribution in [1.29, 1.82) is 0 Å². The second-order valence-electron chi connectivity index (χ2n) is 10.2. The molecule has 2 saturated carbocycles. The second kappa shape index (κ2) is 9.41. The van der Waals surface area contributed by atoms with Crippen molar-refractivity contribution in [3.63, 3.8) is 0 Å². The van der Waals surface area contributed by atoms with Crippen LogP contribution in [0.25, 0.3) is 0 Å². The third kappa shape index (κ3) is 5.46. The number of ether oxygens (including phenoxy) is 1. The molecule has 0 atom stereocenters. The molecule has 1 spiro atoms. The summed E-state index contributed by atoms with van der Waals surface area (Å²) in [5.74, 6) is 1.01. The largest absolute Gasteiger partial charge is 0.497 e. The van der Waals surface area contributed by atoms with Gasteiger partial charge in [-0.1, -0.05) is 32.0 Å². The van der Waals surface area contributed by atoms with Crippen LogP contribution in [0, 0.1) is 11.3 Å². The van der Waals surface area contributed by atoms with Crippen LogP contribution in [0.3, 0.4) is 0 Å². The molecule has 2 fully saturated rings. The number of nitrogens with zero attached hydrogens (tertiary/aromatic N) is 1. The summed E-state index contributed by atoms with van der Waals surface area (Å²) >= 11 is 0. The molecule has 2 aromatic rings. The highest BCUT2D eigenvalue weighted by molar-refractivity contribution is 5.80. The van der Waals surface area contributed by atoms with E-state index in [0.29, 0.717) is 13.1 Å². The summed E-state index contributed by atoms with van der Waals surface area (Å²) in [6.45, 7) is 5.25. The van der Waals surface area contributed by atoms with E-state index in [1.807, 2.05) is 42.5 Å². The molecule has 0 bridgehead atoms. The number of hydrogen-bond acceptors (Lipinski definition) is 4. The van der Waals surface area contributed by atoms with E-state index in [9.17, 15) is 9.59 Å². The molecule has 2 aliphatic rings. The van der Waals surface area contributed by atoms with Crippen LogP contribution in [0.4, 0.5) is 4.79 Å². The molecule has 0 saturated heterocycles. The van der Waals surface area contributed by atoms with E-state index in [1.54, 1.807) is 13.3 Å². The van der Waals surface area contributed by atoms with Gasteiger partial charge in [0.1, 0.15) is 5.75 Å². The Hall–Kier alpha value is -3.09. The standard InChI is InChI=1S/C26H34N4O3/c1-25(2,22-6-4-5-11-27-22)17-29-23(31)19-12-26(13-19)14-20(15-26)30-24(32)28-16-18-7-9-21(33-3)10-8-18/h4-11,19-20H,12-17H2,1-3H3,(H,29,31)(H2,28,30,32). The van der Waals surface area contributed by atoms with Gasteiger partial charge in [0, 0.05) is 42.4 Å². The lowest BCUT2D eigenvalue weighted by molar-refractivity contribution is -0.138. The predicted octanol–water partition coefficient (Wildman–Crippen LogP) is 3.54. The summed E-state index contributed by atoms with van der Waals surface area (Å²) in [6, 6.07) is 13.6. The minimum atomic E-state index is -0.205. The van der Waals surface area contributed by atoms with Gasteiger partial charge in [-0.15, -0.1) is 0 Å². The van der Waals surface area contributed by atoms with E-state index in [1.165, 1.54) is 0 Å². The van der Waals surface area contributed by atoms with Crippen molar-refractivity contribution in [2.75, 3.05) is 13.7 Å². The molecule has 3 amide bonds. The Kier molecular flexibility index (Phi) is 6.58. The first-order valence-electron chi connectivity index (χ1n) is 11.7. The molecule has 7 nitrogen and oxygen atoms in total. The molecule has 1 aromatic heterocycles. The number of rotatable bonds is 8. The van der Waals surface area contributed by atoms with Crippen LogP contribution in [0.15, 0.2) is 48.7 Å². The van der Waals surface area contributed by atoms with Crippen molar-refractivity contribution in [3.05, 3.63) is 59.9 Å². The van der Waals surface area contributed by atoms with E-state index in [-0.39, 0.29) is 34.7 Å². The Morgan fingerprint density at radius 1 is 1.06 bits per heavy atom. The van der Waals surface area contributed by atoms with Crippen molar-refractivity contribution in [1.82, 2.24) is 20.9 Å². The number of urea groups is 1. The molecule has 4 rings (SSSR count).